The highest BCUT2D eigenvalue weighted by Gasteiger charge is 2.32. The second-order valence-corrected chi connectivity index (χ2v) is 21.5. The van der Waals surface area contributed by atoms with E-state index in [4.69, 9.17) is 13.8 Å². The van der Waals surface area contributed by atoms with E-state index in [1.807, 2.05) is 48.5 Å². The van der Waals surface area contributed by atoms with Crippen LogP contribution in [0.15, 0.2) is 225 Å². The van der Waals surface area contributed by atoms with Gasteiger partial charge in [-0.1, -0.05) is 193 Å². The second kappa shape index (κ2) is 18.4. The molecule has 0 saturated carbocycles. The number of fused-ring (bicyclic) bond motifs is 4. The number of rotatable bonds is 9. The zero-order valence-corrected chi connectivity index (χ0v) is 42.8. The van der Waals surface area contributed by atoms with Gasteiger partial charge in [-0.2, -0.15) is 0 Å². The van der Waals surface area contributed by atoms with E-state index in [0.29, 0.717) is 29.5 Å². The minimum atomic E-state index is -2.40. The minimum absolute atomic E-state index is 0.0364. The molecule has 0 bridgehead atoms. The first-order valence-electron chi connectivity index (χ1n) is 27.0. The van der Waals surface area contributed by atoms with Gasteiger partial charge in [-0.3, -0.25) is 4.57 Å². The molecule has 0 amide bonds. The van der Waals surface area contributed by atoms with E-state index in [1.54, 1.807) is 12.3 Å². The molecular formula is C69H60N4O. The van der Waals surface area contributed by atoms with E-state index in [1.165, 1.54) is 11.1 Å². The van der Waals surface area contributed by atoms with Gasteiger partial charge >= 0.3 is 0 Å². The van der Waals surface area contributed by atoms with Crippen LogP contribution in [0.2, 0.25) is 0 Å². The van der Waals surface area contributed by atoms with Gasteiger partial charge in [0.1, 0.15) is 24.0 Å². The molecule has 0 saturated heterocycles. The lowest BCUT2D eigenvalue weighted by Gasteiger charge is -2.27. The number of aromatic nitrogens is 2. The summed E-state index contributed by atoms with van der Waals surface area (Å²) in [6, 6.07) is 76.1. The Bertz CT molecular complexity index is 3980. The molecule has 0 atom stereocenters. The average Bonchev–Trinajstić information content (AvgIpc) is 4.02. The molecule has 362 valence electrons. The number of hydrogen-bond donors (Lipinski definition) is 0. The predicted octanol–water partition coefficient (Wildman–Crippen LogP) is 18.8. The van der Waals surface area contributed by atoms with E-state index < -0.39 is 6.85 Å². The highest BCUT2D eigenvalue weighted by Crippen LogP contribution is 2.51. The number of para-hydroxylation sites is 3. The second-order valence-electron chi connectivity index (χ2n) is 21.5. The Hall–Kier alpha value is -8.67. The van der Waals surface area contributed by atoms with Crippen LogP contribution in [0, 0.1) is 6.85 Å². The number of hydrogen-bond acceptors (Lipinski definition) is 4. The monoisotopic (exact) mass is 963 g/mol. The topological polar surface area (TPSA) is 33.5 Å². The molecule has 0 aliphatic carbocycles. The van der Waals surface area contributed by atoms with Crippen LogP contribution in [-0.4, -0.2) is 16.2 Å². The van der Waals surface area contributed by atoms with Crippen molar-refractivity contribution in [1.82, 2.24) is 9.55 Å². The van der Waals surface area contributed by atoms with Gasteiger partial charge in [-0.05, 0) is 117 Å². The molecule has 3 heterocycles. The molecule has 5 heteroatoms. The van der Waals surface area contributed by atoms with E-state index in [0.717, 1.165) is 83.5 Å². The van der Waals surface area contributed by atoms with Crippen molar-refractivity contribution in [3.63, 3.8) is 0 Å². The molecule has 0 radical (unpaired) electrons. The SMILES string of the molecule is [2H]C([2H])([2H])c1cc(-n2c3ccc(-c4ccc(C(C)(C)C)cc4)cc3c3ccc(Oc4cccc(N5CN(c6c(-c7ccccc7)cccc6-c6ccc(C(C)(C)C)cc6)c6ccccc65)c4)cc32)ncc1-c1ccccc1. The van der Waals surface area contributed by atoms with Crippen molar-refractivity contribution in [2.45, 2.75) is 59.2 Å². The van der Waals surface area contributed by atoms with Crippen molar-refractivity contribution in [3.05, 3.63) is 241 Å². The molecule has 2 aromatic heterocycles. The lowest BCUT2D eigenvalue weighted by atomic mass is 9.86. The van der Waals surface area contributed by atoms with Gasteiger partial charge in [0.25, 0.3) is 0 Å². The minimum Gasteiger partial charge on any atom is -0.457 e. The van der Waals surface area contributed by atoms with Crippen molar-refractivity contribution >= 4 is 44.6 Å². The van der Waals surface area contributed by atoms with Crippen molar-refractivity contribution in [2.24, 2.45) is 0 Å². The Morgan fingerprint density at radius 1 is 0.446 bits per heavy atom. The maximum absolute atomic E-state index is 8.71. The normalized spacial score (nSPS) is 13.5. The van der Waals surface area contributed by atoms with E-state index >= 15 is 0 Å². The van der Waals surface area contributed by atoms with Gasteiger partial charge < -0.3 is 14.5 Å². The molecule has 9 aromatic carbocycles. The first kappa shape index (κ1) is 43.0. The number of benzene rings is 9. The molecule has 74 heavy (non-hydrogen) atoms. The predicted molar refractivity (Wildman–Crippen MR) is 311 cm³/mol. The van der Waals surface area contributed by atoms with Crippen LogP contribution in [0.4, 0.5) is 22.7 Å². The Balaban J connectivity index is 0.939. The fourth-order valence-corrected chi connectivity index (χ4v) is 10.6. The van der Waals surface area contributed by atoms with Gasteiger partial charge in [0.2, 0.25) is 0 Å². The number of anilines is 4. The molecule has 1 aliphatic rings. The third-order valence-corrected chi connectivity index (χ3v) is 14.6. The molecular weight excluding hydrogens is 901 g/mol. The van der Waals surface area contributed by atoms with E-state index in [9.17, 15) is 0 Å². The van der Waals surface area contributed by atoms with Crippen LogP contribution in [0.3, 0.4) is 0 Å². The fourth-order valence-electron chi connectivity index (χ4n) is 10.6. The highest BCUT2D eigenvalue weighted by atomic mass is 16.5. The molecule has 11 aromatic rings. The summed E-state index contributed by atoms with van der Waals surface area (Å²) in [5.41, 5.74) is 17.2. The van der Waals surface area contributed by atoms with Crippen molar-refractivity contribution in [3.8, 4) is 61.8 Å². The quantitative estimate of drug-likeness (QED) is 0.144. The van der Waals surface area contributed by atoms with Crippen molar-refractivity contribution in [2.75, 3.05) is 16.5 Å². The summed E-state index contributed by atoms with van der Waals surface area (Å²) in [6.07, 6.45) is 1.70. The Kier molecular flexibility index (Phi) is 10.7. The summed E-state index contributed by atoms with van der Waals surface area (Å²) in [4.78, 5) is 9.83. The molecule has 0 fully saturated rings. The molecule has 1 aliphatic heterocycles. The summed E-state index contributed by atoms with van der Waals surface area (Å²) >= 11 is 0. The molecule has 12 rings (SSSR count). The highest BCUT2D eigenvalue weighted by molar-refractivity contribution is 6.11. The van der Waals surface area contributed by atoms with Gasteiger partial charge in [-0.15, -0.1) is 0 Å². The third kappa shape index (κ3) is 8.58. The van der Waals surface area contributed by atoms with Crippen LogP contribution in [0.5, 0.6) is 11.5 Å². The van der Waals surface area contributed by atoms with Crippen LogP contribution in [-0.2, 0) is 10.8 Å². The van der Waals surface area contributed by atoms with Gasteiger partial charge in [0.15, 0.2) is 0 Å². The van der Waals surface area contributed by atoms with Crippen LogP contribution < -0.4 is 14.5 Å². The smallest absolute Gasteiger partial charge is 0.137 e. The number of aryl methyl sites for hydroxylation is 1. The molecule has 0 spiro atoms. The van der Waals surface area contributed by atoms with Crippen LogP contribution >= 0.6 is 0 Å². The van der Waals surface area contributed by atoms with Crippen molar-refractivity contribution in [1.29, 1.82) is 0 Å². The standard InChI is InChI=1S/C69H60N4O/c1-46-40-66(70-44-61(46)49-20-12-9-13-21-49)73-62-39-32-51(47-28-33-52(34-29-47)68(2,3)4)41-60(62)59-38-37-56(43-65(59)73)74-55-23-16-22-54(42-55)71-45-72(64-27-15-14-26-63(64)71)67-57(48-18-10-8-11-19-48)24-17-25-58(67)50-30-35-53(36-31-50)69(5,6)7/h8-44H,45H2,1-7H3/i1D3. The summed E-state index contributed by atoms with van der Waals surface area (Å²) < 4.78 is 35.1. The molecule has 5 nitrogen and oxygen atoms in total. The maximum atomic E-state index is 8.71. The first-order chi connectivity index (χ1) is 37.1. The average molecular weight is 964 g/mol. The zero-order valence-electron chi connectivity index (χ0n) is 45.8. The van der Waals surface area contributed by atoms with Crippen LogP contribution in [0.1, 0.15) is 62.3 Å². The van der Waals surface area contributed by atoms with Crippen molar-refractivity contribution < 1.29 is 8.85 Å². The Morgan fingerprint density at radius 2 is 1.01 bits per heavy atom. The number of pyridine rings is 1. The van der Waals surface area contributed by atoms with Gasteiger partial charge in [-0.25, -0.2) is 4.98 Å². The molecule has 0 N–H and O–H groups in total. The fraction of sp³-hybridized carbons (Fsp3) is 0.145. The lowest BCUT2D eigenvalue weighted by molar-refractivity contribution is 0.483. The van der Waals surface area contributed by atoms with E-state index in [-0.39, 0.29) is 16.4 Å². The summed E-state index contributed by atoms with van der Waals surface area (Å²) in [5.74, 6) is 1.82. The lowest BCUT2D eigenvalue weighted by Crippen LogP contribution is -2.25. The summed E-state index contributed by atoms with van der Waals surface area (Å²) in [6.45, 7) is 11.6. The molecule has 0 unspecified atom stereocenters. The van der Waals surface area contributed by atoms with Crippen LogP contribution in [0.25, 0.3) is 72.1 Å². The van der Waals surface area contributed by atoms with Gasteiger partial charge in [0, 0.05) is 55.6 Å². The summed E-state index contributed by atoms with van der Waals surface area (Å²) in [5, 5.41) is 2.01. The van der Waals surface area contributed by atoms with Gasteiger partial charge in [0.05, 0.1) is 28.1 Å². The largest absolute Gasteiger partial charge is 0.457 e. The zero-order chi connectivity index (χ0) is 53.2. The number of ether oxygens (including phenoxy) is 1. The number of nitrogens with zero attached hydrogens (tertiary/aromatic N) is 4. The summed E-state index contributed by atoms with van der Waals surface area (Å²) in [7, 11) is 0. The Morgan fingerprint density at radius 3 is 1.66 bits per heavy atom. The first-order valence-corrected chi connectivity index (χ1v) is 25.5. The third-order valence-electron chi connectivity index (χ3n) is 14.6. The Labute approximate surface area is 439 Å². The maximum Gasteiger partial charge on any atom is 0.137 e. The van der Waals surface area contributed by atoms with E-state index in [2.05, 4.69) is 220 Å².